The molecule has 1 heterocycles. The zero-order chi connectivity index (χ0) is 23.0. The van der Waals surface area contributed by atoms with Crippen LogP contribution in [0.5, 0.6) is 5.75 Å². The molecule has 2 aromatic carbocycles. The molecule has 188 valence electrons. The molecule has 0 saturated carbocycles. The molecule has 0 aromatic heterocycles. The summed E-state index contributed by atoms with van der Waals surface area (Å²) in [5.74, 6) is 0.799. The summed E-state index contributed by atoms with van der Waals surface area (Å²) in [4.78, 5) is 0. The van der Waals surface area contributed by atoms with Gasteiger partial charge in [0.2, 0.25) is 0 Å². The van der Waals surface area contributed by atoms with Crippen molar-refractivity contribution in [3.05, 3.63) is 64.2 Å². The van der Waals surface area contributed by atoms with Gasteiger partial charge in [-0.1, -0.05) is 35.9 Å². The van der Waals surface area contributed by atoms with E-state index in [0.29, 0.717) is 23.6 Å². The van der Waals surface area contributed by atoms with E-state index in [1.54, 1.807) is 19.1 Å². The van der Waals surface area contributed by atoms with Gasteiger partial charge in [0.05, 0.1) is 13.2 Å². The van der Waals surface area contributed by atoms with Gasteiger partial charge in [-0.15, -0.1) is 0 Å². The van der Waals surface area contributed by atoms with Crippen molar-refractivity contribution in [1.82, 2.24) is 0 Å². The fraction of sp³-hybridized carbons (Fsp3) is 0.478. The highest BCUT2D eigenvalue weighted by molar-refractivity contribution is 6.31. The molecule has 0 bridgehead atoms. The third kappa shape index (κ3) is 8.18. The van der Waals surface area contributed by atoms with Crippen molar-refractivity contribution >= 4 is 11.6 Å². The molecule has 1 saturated heterocycles. The number of aliphatic hydroxyl groups excluding tert-OH is 5. The Morgan fingerprint density at radius 2 is 1.52 bits per heavy atom. The van der Waals surface area contributed by atoms with Crippen LogP contribution in [0.1, 0.15) is 36.6 Å². The zero-order valence-corrected chi connectivity index (χ0v) is 19.4. The molecule has 1 fully saturated rings. The van der Waals surface area contributed by atoms with E-state index >= 15 is 0 Å². The molecule has 9 nitrogen and oxygen atoms in total. The van der Waals surface area contributed by atoms with Crippen LogP contribution in [0, 0.1) is 0 Å². The van der Waals surface area contributed by atoms with Gasteiger partial charge in [-0.25, -0.2) is 0 Å². The average molecular weight is 491 g/mol. The first-order valence-electron chi connectivity index (χ1n) is 10.3. The van der Waals surface area contributed by atoms with Gasteiger partial charge < -0.3 is 46.0 Å². The molecule has 5 atom stereocenters. The van der Waals surface area contributed by atoms with E-state index in [2.05, 4.69) is 0 Å². The average Bonchev–Trinajstić information content (AvgIpc) is 2.76. The van der Waals surface area contributed by atoms with E-state index in [0.717, 1.165) is 16.9 Å². The number of hydrogen-bond donors (Lipinski definition) is 5. The summed E-state index contributed by atoms with van der Waals surface area (Å²) >= 11 is 6.35. The fourth-order valence-corrected chi connectivity index (χ4v) is 3.56. The number of hydrogen-bond acceptors (Lipinski definition) is 7. The van der Waals surface area contributed by atoms with Gasteiger partial charge in [0.1, 0.15) is 36.3 Å². The van der Waals surface area contributed by atoms with Gasteiger partial charge in [-0.3, -0.25) is 0 Å². The Hall–Kier alpha value is -1.79. The van der Waals surface area contributed by atoms with Crippen molar-refractivity contribution < 1.29 is 46.0 Å². The molecule has 2 aromatic rings. The van der Waals surface area contributed by atoms with Gasteiger partial charge in [0.15, 0.2) is 0 Å². The van der Waals surface area contributed by atoms with Crippen molar-refractivity contribution in [2.24, 2.45) is 0 Å². The summed E-state index contributed by atoms with van der Waals surface area (Å²) in [5.41, 5.74) is 2.49. The van der Waals surface area contributed by atoms with Crippen LogP contribution in [0.25, 0.3) is 0 Å². The molecule has 9 N–H and O–H groups in total. The van der Waals surface area contributed by atoms with Crippen molar-refractivity contribution in [2.45, 2.75) is 50.8 Å². The molecule has 0 aliphatic carbocycles. The maximum Gasteiger partial charge on any atom is 0.119 e. The van der Waals surface area contributed by atoms with Gasteiger partial charge >= 0.3 is 0 Å². The Morgan fingerprint density at radius 3 is 2.06 bits per heavy atom. The van der Waals surface area contributed by atoms with Crippen molar-refractivity contribution in [3.63, 3.8) is 0 Å². The van der Waals surface area contributed by atoms with Crippen LogP contribution in [0.4, 0.5) is 0 Å². The summed E-state index contributed by atoms with van der Waals surface area (Å²) in [6.07, 6.45) is -5.39. The number of benzene rings is 2. The van der Waals surface area contributed by atoms with Crippen molar-refractivity contribution in [1.29, 1.82) is 0 Å². The van der Waals surface area contributed by atoms with Crippen LogP contribution in [-0.2, 0) is 11.2 Å². The van der Waals surface area contributed by atoms with Crippen LogP contribution in [0.15, 0.2) is 42.5 Å². The number of aliphatic hydroxyl groups is 5. The standard InChI is InChI=1S/C21H25ClO6.C2H6O.2H2O/c1-2-27-15-6-3-12(4-7-15)9-14-10-13(5-8-16(14)22)21-20(26)19(25)18(24)17(11-23)28-21;1-2-3;;/h3-8,10,17-21,23-26H,2,9,11H2,1H3;3H,2H2,1H3;2*1H2/t17-,18-,19+,20-,21+;;;/m1.../s1. The lowest BCUT2D eigenvalue weighted by Crippen LogP contribution is -2.55. The Kier molecular flexibility index (Phi) is 14.4. The topological polar surface area (TPSA) is 183 Å². The Labute approximate surface area is 198 Å². The normalized spacial score (nSPS) is 23.9. The second-order valence-electron chi connectivity index (χ2n) is 7.17. The third-order valence-electron chi connectivity index (χ3n) is 4.92. The highest BCUT2D eigenvalue weighted by Crippen LogP contribution is 2.34. The summed E-state index contributed by atoms with van der Waals surface area (Å²) < 4.78 is 11.1. The summed E-state index contributed by atoms with van der Waals surface area (Å²) in [6.45, 7) is 4.00. The predicted octanol–water partition coefficient (Wildman–Crippen LogP) is 0.194. The van der Waals surface area contributed by atoms with Crippen molar-refractivity contribution in [2.75, 3.05) is 19.8 Å². The number of ether oxygens (including phenoxy) is 2. The predicted molar refractivity (Wildman–Crippen MR) is 125 cm³/mol. The summed E-state index contributed by atoms with van der Waals surface area (Å²) in [7, 11) is 0. The van der Waals surface area contributed by atoms with Gasteiger partial charge in [-0.05, 0) is 55.2 Å². The minimum absolute atomic E-state index is 0. The lowest BCUT2D eigenvalue weighted by Gasteiger charge is -2.40. The maximum absolute atomic E-state index is 10.3. The van der Waals surface area contributed by atoms with Crippen LogP contribution >= 0.6 is 11.6 Å². The fourth-order valence-electron chi connectivity index (χ4n) is 3.37. The zero-order valence-electron chi connectivity index (χ0n) is 18.7. The molecular weight excluding hydrogens is 456 g/mol. The second-order valence-corrected chi connectivity index (χ2v) is 7.58. The van der Waals surface area contributed by atoms with Crippen LogP contribution in [0.2, 0.25) is 5.02 Å². The van der Waals surface area contributed by atoms with E-state index < -0.39 is 37.1 Å². The SMILES string of the molecule is CCO.CCOc1ccc(Cc2cc([C@@H]3O[C@H](CO)[C@@H](O)[C@H](O)[C@H]3O)ccc2Cl)cc1.O.O. The van der Waals surface area contributed by atoms with E-state index in [4.69, 9.17) is 26.2 Å². The Morgan fingerprint density at radius 1 is 0.909 bits per heavy atom. The molecule has 0 unspecified atom stereocenters. The smallest absolute Gasteiger partial charge is 0.119 e. The Balaban J connectivity index is 0.00000194. The van der Waals surface area contributed by atoms with Crippen molar-refractivity contribution in [3.8, 4) is 5.75 Å². The van der Waals surface area contributed by atoms with E-state index in [1.165, 1.54) is 0 Å². The molecule has 33 heavy (non-hydrogen) atoms. The first kappa shape index (κ1) is 31.2. The lowest BCUT2D eigenvalue weighted by molar-refractivity contribution is -0.231. The molecule has 10 heteroatoms. The molecule has 0 spiro atoms. The maximum atomic E-state index is 10.3. The minimum Gasteiger partial charge on any atom is -0.494 e. The van der Waals surface area contributed by atoms with E-state index in [-0.39, 0.29) is 17.6 Å². The third-order valence-corrected chi connectivity index (χ3v) is 5.29. The highest BCUT2D eigenvalue weighted by atomic mass is 35.5. The second kappa shape index (κ2) is 15.2. The first-order chi connectivity index (χ1) is 14.9. The molecule has 0 amide bonds. The van der Waals surface area contributed by atoms with Gasteiger partial charge in [-0.2, -0.15) is 0 Å². The van der Waals surface area contributed by atoms with E-state index in [1.807, 2.05) is 37.3 Å². The van der Waals surface area contributed by atoms with Gasteiger partial charge in [0, 0.05) is 11.6 Å². The number of rotatable bonds is 6. The minimum atomic E-state index is -1.42. The van der Waals surface area contributed by atoms with Crippen LogP contribution < -0.4 is 4.74 Å². The van der Waals surface area contributed by atoms with E-state index in [9.17, 15) is 20.4 Å². The molecule has 0 radical (unpaired) electrons. The van der Waals surface area contributed by atoms with Gasteiger partial charge in [0.25, 0.3) is 0 Å². The lowest BCUT2D eigenvalue weighted by atomic mass is 9.90. The summed E-state index contributed by atoms with van der Waals surface area (Å²) in [5, 5.41) is 47.8. The molecular formula is C23H35ClO9. The molecule has 3 rings (SSSR count). The molecule has 1 aliphatic heterocycles. The number of halogens is 1. The summed E-state index contributed by atoms with van der Waals surface area (Å²) in [6, 6.07) is 12.9. The monoisotopic (exact) mass is 490 g/mol. The quantitative estimate of drug-likeness (QED) is 0.382. The Bertz CT molecular complexity index is 801. The van der Waals surface area contributed by atoms with Crippen LogP contribution in [0.3, 0.4) is 0 Å². The largest absolute Gasteiger partial charge is 0.494 e. The first-order valence-corrected chi connectivity index (χ1v) is 10.6. The molecule has 1 aliphatic rings. The highest BCUT2D eigenvalue weighted by Gasteiger charge is 2.43. The van der Waals surface area contributed by atoms with Crippen LogP contribution in [-0.4, -0.2) is 80.7 Å².